The van der Waals surface area contributed by atoms with Crippen LogP contribution in [0.5, 0.6) is 0 Å². The van der Waals surface area contributed by atoms with Crippen molar-refractivity contribution in [1.29, 1.82) is 0 Å². The molecule has 0 unspecified atom stereocenters. The molecule has 1 saturated heterocycles. The number of halogens is 2. The smallest absolute Gasteiger partial charge is 0.238 e. The molecule has 1 aliphatic rings. The lowest BCUT2D eigenvalue weighted by molar-refractivity contribution is -0.122. The van der Waals surface area contributed by atoms with Crippen molar-refractivity contribution in [2.45, 2.75) is 19.3 Å². The van der Waals surface area contributed by atoms with Crippen LogP contribution >= 0.6 is 23.2 Å². The minimum atomic E-state index is -0.0862. The average molecular weight is 457 g/mol. The molecule has 4 rings (SSSR count). The number of anilines is 1. The summed E-state index contributed by atoms with van der Waals surface area (Å²) in [4.78, 5) is 12.3. The van der Waals surface area contributed by atoms with Crippen LogP contribution in [0, 0.1) is 5.92 Å². The molecule has 0 atom stereocenters. The molecule has 1 aliphatic heterocycles. The Morgan fingerprint density at radius 2 is 1.74 bits per heavy atom. The zero-order valence-corrected chi connectivity index (χ0v) is 18.3. The molecule has 0 radical (unpaired) electrons. The monoisotopic (exact) mass is 456 g/mol. The fourth-order valence-electron chi connectivity index (χ4n) is 3.55. The van der Waals surface area contributed by atoms with Crippen molar-refractivity contribution in [3.8, 4) is 22.4 Å². The van der Waals surface area contributed by atoms with Gasteiger partial charge in [-0.05, 0) is 48.6 Å². The maximum atomic E-state index is 12.3. The molecule has 0 spiro atoms. The van der Waals surface area contributed by atoms with Crippen LogP contribution in [0.25, 0.3) is 22.4 Å². The van der Waals surface area contributed by atoms with Crippen LogP contribution in [0.15, 0.2) is 54.6 Å². The van der Waals surface area contributed by atoms with Gasteiger partial charge >= 0.3 is 0 Å². The lowest BCUT2D eigenvalue weighted by atomic mass is 9.96. The van der Waals surface area contributed by atoms with Crippen molar-refractivity contribution in [3.63, 3.8) is 0 Å². The summed E-state index contributed by atoms with van der Waals surface area (Å²) in [6, 6.07) is 16.8. The van der Waals surface area contributed by atoms with Gasteiger partial charge in [-0.2, -0.15) is 0 Å². The second kappa shape index (κ2) is 10.1. The molecule has 8 heteroatoms. The van der Waals surface area contributed by atoms with Gasteiger partial charge in [0.05, 0.1) is 5.02 Å². The van der Waals surface area contributed by atoms with E-state index in [4.69, 9.17) is 27.9 Å². The van der Waals surface area contributed by atoms with E-state index in [1.807, 2.05) is 54.6 Å². The third-order valence-corrected chi connectivity index (χ3v) is 5.80. The summed E-state index contributed by atoms with van der Waals surface area (Å²) in [6.45, 7) is 1.43. The molecule has 0 saturated carbocycles. The number of hydrogen-bond acceptors (Lipinski definition) is 5. The second-order valence-electron chi connectivity index (χ2n) is 7.41. The van der Waals surface area contributed by atoms with Gasteiger partial charge in [-0.15, -0.1) is 10.2 Å². The van der Waals surface area contributed by atoms with Crippen LogP contribution in [0.1, 0.15) is 19.3 Å². The molecule has 2 N–H and O–H groups in total. The molecule has 1 fully saturated rings. The van der Waals surface area contributed by atoms with E-state index >= 15 is 0 Å². The van der Waals surface area contributed by atoms with Gasteiger partial charge in [-0.25, -0.2) is 0 Å². The molecule has 0 bridgehead atoms. The minimum Gasteiger partial charge on any atom is -0.381 e. The maximum Gasteiger partial charge on any atom is 0.238 e. The Bertz CT molecular complexity index is 1050. The highest BCUT2D eigenvalue weighted by Crippen LogP contribution is 2.35. The van der Waals surface area contributed by atoms with Gasteiger partial charge in [0.1, 0.15) is 5.69 Å². The molecule has 6 nitrogen and oxygen atoms in total. The highest BCUT2D eigenvalue weighted by molar-refractivity contribution is 6.33. The van der Waals surface area contributed by atoms with E-state index in [-0.39, 0.29) is 5.91 Å². The molecular weight excluding hydrogens is 435 g/mol. The Kier molecular flexibility index (Phi) is 7.02. The summed E-state index contributed by atoms with van der Waals surface area (Å²) >= 11 is 12.5. The molecule has 2 aromatic carbocycles. The van der Waals surface area contributed by atoms with Gasteiger partial charge < -0.3 is 4.74 Å². The predicted molar refractivity (Wildman–Crippen MR) is 123 cm³/mol. The summed E-state index contributed by atoms with van der Waals surface area (Å²) in [6.07, 6.45) is 2.26. The number of aromatic nitrogens is 2. The average Bonchev–Trinajstić information content (AvgIpc) is 2.79. The Balaban J connectivity index is 1.57. The van der Waals surface area contributed by atoms with E-state index < -0.39 is 0 Å². The summed E-state index contributed by atoms with van der Waals surface area (Å²) in [5.41, 5.74) is 8.76. The van der Waals surface area contributed by atoms with Crippen molar-refractivity contribution in [3.05, 3.63) is 64.6 Å². The number of amides is 1. The van der Waals surface area contributed by atoms with Crippen LogP contribution in [0.2, 0.25) is 10.0 Å². The Labute approximate surface area is 190 Å². The predicted octanol–water partition coefficient (Wildman–Crippen LogP) is 5.38. The first kappa shape index (κ1) is 21.6. The largest absolute Gasteiger partial charge is 0.381 e. The lowest BCUT2D eigenvalue weighted by Gasteiger charge is -2.21. The van der Waals surface area contributed by atoms with Crippen LogP contribution in [0.3, 0.4) is 0 Å². The summed E-state index contributed by atoms with van der Waals surface area (Å²) in [7, 11) is 0. The maximum absolute atomic E-state index is 12.3. The third kappa shape index (κ3) is 5.53. The SMILES string of the molecule is O=C(CC1CCOCC1)NNc1cc(-c2ccc(Cl)cc2)c(-c2ccccc2Cl)nn1. The number of carbonyl (C=O) groups excluding carboxylic acids is 1. The van der Waals surface area contributed by atoms with Crippen molar-refractivity contribution >= 4 is 34.9 Å². The molecule has 2 heterocycles. The van der Waals surface area contributed by atoms with E-state index in [1.54, 1.807) is 0 Å². The molecule has 160 valence electrons. The summed E-state index contributed by atoms with van der Waals surface area (Å²) < 4.78 is 5.35. The molecule has 31 heavy (non-hydrogen) atoms. The Hall–Kier alpha value is -2.67. The van der Waals surface area contributed by atoms with E-state index in [0.717, 1.165) is 29.5 Å². The molecular formula is C23H22Cl2N4O2. The third-order valence-electron chi connectivity index (χ3n) is 5.22. The van der Waals surface area contributed by atoms with Crippen molar-refractivity contribution in [1.82, 2.24) is 15.6 Å². The first-order chi connectivity index (χ1) is 15.1. The van der Waals surface area contributed by atoms with Gasteiger partial charge in [0.25, 0.3) is 0 Å². The van der Waals surface area contributed by atoms with Gasteiger partial charge in [-0.3, -0.25) is 15.6 Å². The van der Waals surface area contributed by atoms with Gasteiger partial charge in [0, 0.05) is 35.8 Å². The van der Waals surface area contributed by atoms with E-state index in [9.17, 15) is 4.79 Å². The van der Waals surface area contributed by atoms with E-state index in [1.165, 1.54) is 0 Å². The Morgan fingerprint density at radius 1 is 1.00 bits per heavy atom. The number of nitrogens with one attached hydrogen (secondary N) is 2. The number of rotatable bonds is 6. The van der Waals surface area contributed by atoms with Crippen LogP contribution in [-0.2, 0) is 9.53 Å². The highest BCUT2D eigenvalue weighted by Gasteiger charge is 2.18. The second-order valence-corrected chi connectivity index (χ2v) is 8.26. The van der Waals surface area contributed by atoms with Gasteiger partial charge in [0.15, 0.2) is 5.82 Å². The Morgan fingerprint density at radius 3 is 2.48 bits per heavy atom. The molecule has 3 aromatic rings. The van der Waals surface area contributed by atoms with Gasteiger partial charge in [-0.1, -0.05) is 53.5 Å². The first-order valence-electron chi connectivity index (χ1n) is 10.1. The fraction of sp³-hybridized carbons (Fsp3) is 0.261. The normalized spacial score (nSPS) is 14.3. The summed E-state index contributed by atoms with van der Waals surface area (Å²) in [5.74, 6) is 0.687. The quantitative estimate of drug-likeness (QED) is 0.487. The topological polar surface area (TPSA) is 76.1 Å². The van der Waals surface area contributed by atoms with Crippen LogP contribution in [0.4, 0.5) is 5.82 Å². The molecule has 1 amide bonds. The van der Waals surface area contributed by atoms with E-state index in [0.29, 0.717) is 47.1 Å². The van der Waals surface area contributed by atoms with Crippen LogP contribution in [-0.4, -0.2) is 29.3 Å². The van der Waals surface area contributed by atoms with Crippen LogP contribution < -0.4 is 10.9 Å². The molecule has 0 aliphatic carbocycles. The number of ether oxygens (including phenoxy) is 1. The molecule has 1 aromatic heterocycles. The number of benzene rings is 2. The van der Waals surface area contributed by atoms with Gasteiger partial charge in [0.2, 0.25) is 5.91 Å². The zero-order chi connectivity index (χ0) is 21.6. The standard InChI is InChI=1S/C23H22Cl2N4O2/c24-17-7-5-16(6-8-17)19-14-21(26-28-22(30)13-15-9-11-31-12-10-15)27-29-23(19)18-3-1-2-4-20(18)25/h1-8,14-15H,9-13H2,(H,26,27)(H,28,30). The minimum absolute atomic E-state index is 0.0862. The fourth-order valence-corrected chi connectivity index (χ4v) is 3.90. The number of hydrazine groups is 1. The van der Waals surface area contributed by atoms with Crippen molar-refractivity contribution < 1.29 is 9.53 Å². The highest BCUT2D eigenvalue weighted by atomic mass is 35.5. The number of carbonyl (C=O) groups is 1. The number of hydrogen-bond donors (Lipinski definition) is 2. The van der Waals surface area contributed by atoms with Crippen molar-refractivity contribution in [2.75, 3.05) is 18.6 Å². The lowest BCUT2D eigenvalue weighted by Crippen LogP contribution is -2.32. The zero-order valence-electron chi connectivity index (χ0n) is 16.8. The number of nitrogens with zero attached hydrogens (tertiary/aromatic N) is 2. The van der Waals surface area contributed by atoms with Crippen molar-refractivity contribution in [2.24, 2.45) is 5.92 Å². The first-order valence-corrected chi connectivity index (χ1v) is 10.9. The van der Waals surface area contributed by atoms with E-state index in [2.05, 4.69) is 21.0 Å². The summed E-state index contributed by atoms with van der Waals surface area (Å²) in [5, 5.41) is 9.87.